The molecule has 0 saturated carbocycles. The lowest BCUT2D eigenvalue weighted by atomic mass is 10.0. The normalized spacial score (nSPS) is 24.0. The molecule has 3 nitrogen and oxygen atoms in total. The van der Waals surface area contributed by atoms with Crippen molar-refractivity contribution in [2.45, 2.75) is 13.8 Å². The van der Waals surface area contributed by atoms with Crippen molar-refractivity contribution in [1.29, 1.82) is 0 Å². The van der Waals surface area contributed by atoms with Crippen LogP contribution in [0.5, 0.6) is 0 Å². The van der Waals surface area contributed by atoms with Gasteiger partial charge in [0.1, 0.15) is 6.26 Å². The van der Waals surface area contributed by atoms with Crippen LogP contribution in [-0.4, -0.2) is 11.8 Å². The lowest BCUT2D eigenvalue weighted by Crippen LogP contribution is -2.10. The van der Waals surface area contributed by atoms with Gasteiger partial charge in [0, 0.05) is 5.57 Å². The predicted octanol–water partition coefficient (Wildman–Crippen LogP) is 0.652. The third kappa shape index (κ3) is 0.943. The highest BCUT2D eigenvalue weighted by atomic mass is 16.5. The molecule has 0 N–H and O–H groups in total. The van der Waals surface area contributed by atoms with Crippen LogP contribution < -0.4 is 0 Å². The Morgan fingerprint density at radius 2 is 2.30 bits per heavy atom. The van der Waals surface area contributed by atoms with Crippen LogP contribution in [-0.2, 0) is 14.3 Å². The fraction of sp³-hybridized carbons (Fsp3) is 0.429. The maximum atomic E-state index is 10.7. The van der Waals surface area contributed by atoms with E-state index in [2.05, 4.69) is 4.74 Å². The van der Waals surface area contributed by atoms with E-state index < -0.39 is 0 Å². The van der Waals surface area contributed by atoms with E-state index in [4.69, 9.17) is 0 Å². The summed E-state index contributed by atoms with van der Waals surface area (Å²) in [5.41, 5.74) is 0.463. The van der Waals surface area contributed by atoms with Gasteiger partial charge in [-0.25, -0.2) is 0 Å². The van der Waals surface area contributed by atoms with Crippen LogP contribution in [0.15, 0.2) is 11.8 Å². The lowest BCUT2D eigenvalue weighted by Gasteiger charge is -1.97. The number of rotatable bonds is 1. The summed E-state index contributed by atoms with van der Waals surface area (Å²) in [5.74, 6) is -0.818. The number of cyclic esters (lactones) is 1. The number of ether oxygens (including phenoxy) is 1. The molecule has 3 heteroatoms. The summed E-state index contributed by atoms with van der Waals surface area (Å²) in [5, 5.41) is 0. The summed E-state index contributed by atoms with van der Waals surface area (Å²) < 4.78 is 4.52. The molecule has 1 unspecified atom stereocenters. The smallest absolute Gasteiger partial charge is 0.318 e. The van der Waals surface area contributed by atoms with E-state index >= 15 is 0 Å². The Labute approximate surface area is 58.7 Å². The van der Waals surface area contributed by atoms with Crippen molar-refractivity contribution in [2.24, 2.45) is 5.92 Å². The predicted molar refractivity (Wildman–Crippen MR) is 34.0 cm³/mol. The van der Waals surface area contributed by atoms with Gasteiger partial charge >= 0.3 is 5.97 Å². The second-order valence-corrected chi connectivity index (χ2v) is 2.29. The fourth-order valence-corrected chi connectivity index (χ4v) is 0.841. The Kier molecular flexibility index (Phi) is 1.57. The fourth-order valence-electron chi connectivity index (χ4n) is 0.841. The van der Waals surface area contributed by atoms with Crippen LogP contribution >= 0.6 is 0 Å². The second kappa shape index (κ2) is 2.25. The highest BCUT2D eigenvalue weighted by Gasteiger charge is 2.27. The van der Waals surface area contributed by atoms with Crippen molar-refractivity contribution in [1.82, 2.24) is 0 Å². The Hall–Kier alpha value is -1.12. The molecule has 10 heavy (non-hydrogen) atoms. The molecule has 1 atom stereocenters. The Morgan fingerprint density at radius 1 is 1.70 bits per heavy atom. The number of ketones is 1. The summed E-state index contributed by atoms with van der Waals surface area (Å²) in [7, 11) is 0. The number of hydrogen-bond acceptors (Lipinski definition) is 3. The van der Waals surface area contributed by atoms with Gasteiger partial charge in [-0.1, -0.05) is 0 Å². The second-order valence-electron chi connectivity index (χ2n) is 2.29. The molecular weight excluding hydrogens is 132 g/mol. The first-order valence-corrected chi connectivity index (χ1v) is 3.04. The summed E-state index contributed by atoms with van der Waals surface area (Å²) in [6.45, 7) is 3.08. The van der Waals surface area contributed by atoms with Crippen LogP contribution in [0.4, 0.5) is 0 Å². The van der Waals surface area contributed by atoms with E-state index in [1.165, 1.54) is 13.2 Å². The minimum absolute atomic E-state index is 0.0987. The molecule has 0 aromatic rings. The highest BCUT2D eigenvalue weighted by Crippen LogP contribution is 2.19. The number of esters is 1. The molecule has 0 amide bonds. The molecule has 1 aliphatic rings. The molecular formula is C7H8O3. The molecule has 0 radical (unpaired) electrons. The number of Topliss-reactive ketones (excluding diaryl/α,β-unsaturated/α-hetero) is 1. The Balaban J connectivity index is 2.81. The van der Waals surface area contributed by atoms with Gasteiger partial charge in [0.25, 0.3) is 0 Å². The van der Waals surface area contributed by atoms with Gasteiger partial charge in [-0.3, -0.25) is 9.59 Å². The van der Waals surface area contributed by atoms with Crippen molar-refractivity contribution in [3.8, 4) is 0 Å². The van der Waals surface area contributed by atoms with Crippen LogP contribution in [0.1, 0.15) is 13.8 Å². The Bertz CT molecular complexity index is 215. The van der Waals surface area contributed by atoms with Crippen molar-refractivity contribution >= 4 is 11.8 Å². The van der Waals surface area contributed by atoms with Crippen molar-refractivity contribution < 1.29 is 14.3 Å². The summed E-state index contributed by atoms with van der Waals surface area (Å²) in [4.78, 5) is 21.4. The van der Waals surface area contributed by atoms with Crippen molar-refractivity contribution in [3.63, 3.8) is 0 Å². The number of carbonyl (C=O) groups excluding carboxylic acids is 2. The third-order valence-electron chi connectivity index (χ3n) is 1.53. The molecule has 54 valence electrons. The molecule has 0 saturated heterocycles. The van der Waals surface area contributed by atoms with E-state index in [1.807, 2.05) is 0 Å². The van der Waals surface area contributed by atoms with Crippen molar-refractivity contribution in [2.75, 3.05) is 0 Å². The largest absolute Gasteiger partial charge is 0.434 e. The van der Waals surface area contributed by atoms with Crippen LogP contribution in [0, 0.1) is 5.92 Å². The quantitative estimate of drug-likeness (QED) is 0.502. The summed E-state index contributed by atoms with van der Waals surface area (Å²) in [6, 6.07) is 0. The van der Waals surface area contributed by atoms with Gasteiger partial charge in [0.2, 0.25) is 0 Å². The molecule has 0 aliphatic carbocycles. The van der Waals surface area contributed by atoms with E-state index in [-0.39, 0.29) is 17.7 Å². The first-order chi connectivity index (χ1) is 4.63. The van der Waals surface area contributed by atoms with E-state index in [1.54, 1.807) is 6.92 Å². The summed E-state index contributed by atoms with van der Waals surface area (Å²) in [6.07, 6.45) is 1.23. The number of carbonyl (C=O) groups is 2. The van der Waals surface area contributed by atoms with Crippen molar-refractivity contribution in [3.05, 3.63) is 11.8 Å². The van der Waals surface area contributed by atoms with Gasteiger partial charge < -0.3 is 4.74 Å². The van der Waals surface area contributed by atoms with Crippen LogP contribution in [0.2, 0.25) is 0 Å². The molecule has 0 aromatic heterocycles. The zero-order valence-corrected chi connectivity index (χ0v) is 5.88. The average Bonchev–Trinajstić information content (AvgIpc) is 2.14. The third-order valence-corrected chi connectivity index (χ3v) is 1.53. The highest BCUT2D eigenvalue weighted by molar-refractivity contribution is 6.00. The maximum Gasteiger partial charge on any atom is 0.318 e. The maximum absolute atomic E-state index is 10.7. The average molecular weight is 140 g/mol. The summed E-state index contributed by atoms with van der Waals surface area (Å²) >= 11 is 0. The first kappa shape index (κ1) is 6.99. The van der Waals surface area contributed by atoms with Crippen LogP contribution in [0.3, 0.4) is 0 Å². The zero-order chi connectivity index (χ0) is 7.72. The minimum Gasteiger partial charge on any atom is -0.434 e. The SMILES string of the molecule is CC(=O)C1=COC(=O)C1C. The topological polar surface area (TPSA) is 43.4 Å². The lowest BCUT2D eigenvalue weighted by molar-refractivity contribution is -0.138. The first-order valence-electron chi connectivity index (χ1n) is 3.04. The van der Waals surface area contributed by atoms with Gasteiger partial charge in [-0.15, -0.1) is 0 Å². The van der Waals surface area contributed by atoms with Gasteiger partial charge in [0.15, 0.2) is 5.78 Å². The van der Waals surface area contributed by atoms with Gasteiger partial charge in [-0.05, 0) is 13.8 Å². The van der Waals surface area contributed by atoms with Gasteiger partial charge in [-0.2, -0.15) is 0 Å². The molecule has 1 rings (SSSR count). The molecule has 0 spiro atoms. The molecule has 0 bridgehead atoms. The van der Waals surface area contributed by atoms with Crippen LogP contribution in [0.25, 0.3) is 0 Å². The molecule has 0 aromatic carbocycles. The van der Waals surface area contributed by atoms with E-state index in [0.717, 1.165) is 0 Å². The van der Waals surface area contributed by atoms with E-state index in [9.17, 15) is 9.59 Å². The Morgan fingerprint density at radius 3 is 2.50 bits per heavy atom. The zero-order valence-electron chi connectivity index (χ0n) is 5.88. The minimum atomic E-state index is -0.377. The monoisotopic (exact) mass is 140 g/mol. The van der Waals surface area contributed by atoms with Gasteiger partial charge in [0.05, 0.1) is 5.92 Å². The standard InChI is InChI=1S/C7H8O3/c1-4-6(5(2)8)3-10-7(4)9/h3-4H,1-2H3. The molecule has 1 aliphatic heterocycles. The number of hydrogen-bond donors (Lipinski definition) is 0. The van der Waals surface area contributed by atoms with E-state index in [0.29, 0.717) is 5.57 Å². The molecule has 1 heterocycles. The molecule has 0 fully saturated rings.